The van der Waals surface area contributed by atoms with Gasteiger partial charge in [-0.25, -0.2) is 9.18 Å². The largest absolute Gasteiger partial charge is 0.454 e. The summed E-state index contributed by atoms with van der Waals surface area (Å²) in [6.07, 6.45) is 0. The lowest BCUT2D eigenvalue weighted by Gasteiger charge is -2.04. The molecule has 2 aromatic carbocycles. The minimum Gasteiger partial charge on any atom is -0.454 e. The molecular formula is C17H11FO4S. The maximum atomic E-state index is 13.9. The van der Waals surface area contributed by atoms with Crippen LogP contribution in [0.25, 0.3) is 10.1 Å². The van der Waals surface area contributed by atoms with Gasteiger partial charge in [0.15, 0.2) is 11.5 Å². The molecule has 1 aliphatic heterocycles. The molecule has 116 valence electrons. The Balaban J connectivity index is 1.67. The van der Waals surface area contributed by atoms with E-state index in [1.807, 2.05) is 0 Å². The quantitative estimate of drug-likeness (QED) is 0.519. The molecule has 0 radical (unpaired) electrons. The first kappa shape index (κ1) is 14.0. The van der Waals surface area contributed by atoms with Gasteiger partial charge >= 0.3 is 5.97 Å². The number of carbonyl (C=O) groups is 1. The van der Waals surface area contributed by atoms with Gasteiger partial charge < -0.3 is 14.2 Å². The Labute approximate surface area is 135 Å². The van der Waals surface area contributed by atoms with Gasteiger partial charge in [-0.3, -0.25) is 0 Å². The van der Waals surface area contributed by atoms with Crippen LogP contribution in [0.1, 0.15) is 15.2 Å². The lowest BCUT2D eigenvalue weighted by atomic mass is 10.1. The van der Waals surface area contributed by atoms with Crippen molar-refractivity contribution in [1.82, 2.24) is 0 Å². The molecule has 0 aliphatic carbocycles. The third kappa shape index (κ3) is 2.31. The smallest absolute Gasteiger partial charge is 0.354 e. The van der Waals surface area contributed by atoms with E-state index in [9.17, 15) is 9.18 Å². The standard InChI is InChI=1S/C17H11FO4S/c1-9-15-11(18)3-2-4-14(15)23-16(9)17(19)22-10-5-6-12-13(7-10)21-8-20-12/h2-7H,8H2,1H3. The normalized spacial score (nSPS) is 12.6. The summed E-state index contributed by atoms with van der Waals surface area (Å²) in [6.45, 7) is 1.87. The van der Waals surface area contributed by atoms with Crippen molar-refractivity contribution in [3.63, 3.8) is 0 Å². The second kappa shape index (κ2) is 5.24. The number of ether oxygens (including phenoxy) is 3. The van der Waals surface area contributed by atoms with Crippen LogP contribution in [0, 0.1) is 12.7 Å². The van der Waals surface area contributed by atoms with Crippen molar-refractivity contribution in [2.45, 2.75) is 6.92 Å². The van der Waals surface area contributed by atoms with Crippen molar-refractivity contribution < 1.29 is 23.4 Å². The lowest BCUT2D eigenvalue weighted by Crippen LogP contribution is -2.07. The number of esters is 1. The van der Waals surface area contributed by atoms with E-state index in [0.29, 0.717) is 33.1 Å². The summed E-state index contributed by atoms with van der Waals surface area (Å²) in [6, 6.07) is 9.71. The number of hydrogen-bond acceptors (Lipinski definition) is 5. The molecule has 3 aromatic rings. The fraction of sp³-hybridized carbons (Fsp3) is 0.118. The maximum absolute atomic E-state index is 13.9. The minimum absolute atomic E-state index is 0.154. The van der Waals surface area contributed by atoms with Crippen LogP contribution in [0.2, 0.25) is 0 Å². The van der Waals surface area contributed by atoms with Crippen LogP contribution in [0.3, 0.4) is 0 Å². The summed E-state index contributed by atoms with van der Waals surface area (Å²) in [5.74, 6) is 0.663. The zero-order chi connectivity index (χ0) is 16.0. The van der Waals surface area contributed by atoms with E-state index in [0.717, 1.165) is 4.70 Å². The van der Waals surface area contributed by atoms with E-state index in [1.165, 1.54) is 17.4 Å². The van der Waals surface area contributed by atoms with E-state index in [1.54, 1.807) is 37.3 Å². The summed E-state index contributed by atoms with van der Waals surface area (Å²) in [4.78, 5) is 12.8. The molecule has 0 N–H and O–H groups in total. The third-order valence-electron chi connectivity index (χ3n) is 3.64. The number of fused-ring (bicyclic) bond motifs is 2. The van der Waals surface area contributed by atoms with Crippen molar-refractivity contribution >= 4 is 27.4 Å². The molecule has 0 atom stereocenters. The Kier molecular flexibility index (Phi) is 3.20. The molecular weight excluding hydrogens is 319 g/mol. The number of halogens is 1. The van der Waals surface area contributed by atoms with E-state index in [4.69, 9.17) is 14.2 Å². The van der Waals surface area contributed by atoms with Gasteiger partial charge in [-0.15, -0.1) is 11.3 Å². The molecule has 0 spiro atoms. The molecule has 0 saturated heterocycles. The molecule has 1 aromatic heterocycles. The van der Waals surface area contributed by atoms with Crippen LogP contribution in [-0.2, 0) is 0 Å². The fourth-order valence-electron chi connectivity index (χ4n) is 2.54. The van der Waals surface area contributed by atoms with Gasteiger partial charge in [0.1, 0.15) is 16.4 Å². The van der Waals surface area contributed by atoms with Crippen molar-refractivity contribution in [3.8, 4) is 17.2 Å². The highest BCUT2D eigenvalue weighted by atomic mass is 32.1. The van der Waals surface area contributed by atoms with E-state index in [-0.39, 0.29) is 12.6 Å². The molecule has 4 nitrogen and oxygen atoms in total. The van der Waals surface area contributed by atoms with E-state index in [2.05, 4.69) is 0 Å². The van der Waals surface area contributed by atoms with Crippen LogP contribution in [0.4, 0.5) is 4.39 Å². The molecule has 0 bridgehead atoms. The first-order chi connectivity index (χ1) is 11.1. The Morgan fingerprint density at radius 1 is 1.22 bits per heavy atom. The molecule has 1 aliphatic rings. The average molecular weight is 330 g/mol. The van der Waals surface area contributed by atoms with Gasteiger partial charge in [0.2, 0.25) is 6.79 Å². The van der Waals surface area contributed by atoms with E-state index >= 15 is 0 Å². The molecule has 4 rings (SSSR count). The van der Waals surface area contributed by atoms with Gasteiger partial charge in [0.05, 0.1) is 0 Å². The summed E-state index contributed by atoms with van der Waals surface area (Å²) in [7, 11) is 0. The van der Waals surface area contributed by atoms with Gasteiger partial charge in [-0.2, -0.15) is 0 Å². The second-order valence-corrected chi connectivity index (χ2v) is 6.13. The van der Waals surface area contributed by atoms with Crippen LogP contribution in [0.15, 0.2) is 36.4 Å². The predicted molar refractivity (Wildman–Crippen MR) is 84.0 cm³/mol. The first-order valence-electron chi connectivity index (χ1n) is 6.93. The summed E-state index contributed by atoms with van der Waals surface area (Å²) in [5.41, 5.74) is 0.592. The van der Waals surface area contributed by atoms with Crippen LogP contribution in [-0.4, -0.2) is 12.8 Å². The Morgan fingerprint density at radius 2 is 2.04 bits per heavy atom. The zero-order valence-corrected chi connectivity index (χ0v) is 12.9. The SMILES string of the molecule is Cc1c(C(=O)Oc2ccc3c(c2)OCO3)sc2cccc(F)c12. The molecule has 6 heteroatoms. The van der Waals surface area contributed by atoms with Crippen molar-refractivity contribution in [1.29, 1.82) is 0 Å². The van der Waals surface area contributed by atoms with Gasteiger partial charge in [-0.1, -0.05) is 6.07 Å². The molecule has 0 fully saturated rings. The van der Waals surface area contributed by atoms with Crippen molar-refractivity contribution in [3.05, 3.63) is 52.7 Å². The number of benzene rings is 2. The number of thiophene rings is 1. The highest BCUT2D eigenvalue weighted by Gasteiger charge is 2.21. The number of carbonyl (C=O) groups excluding carboxylic acids is 1. The molecule has 2 heterocycles. The van der Waals surface area contributed by atoms with Crippen molar-refractivity contribution in [2.24, 2.45) is 0 Å². The molecule has 0 saturated carbocycles. The molecule has 0 amide bonds. The lowest BCUT2D eigenvalue weighted by molar-refractivity contribution is 0.0739. The summed E-state index contributed by atoms with van der Waals surface area (Å²) in [5, 5.41) is 0.468. The Morgan fingerprint density at radius 3 is 2.87 bits per heavy atom. The summed E-state index contributed by atoms with van der Waals surface area (Å²) >= 11 is 1.22. The van der Waals surface area contributed by atoms with Gasteiger partial charge in [0, 0.05) is 16.2 Å². The topological polar surface area (TPSA) is 44.8 Å². The maximum Gasteiger partial charge on any atom is 0.354 e. The van der Waals surface area contributed by atoms with Gasteiger partial charge in [0.25, 0.3) is 0 Å². The van der Waals surface area contributed by atoms with Crippen LogP contribution >= 0.6 is 11.3 Å². The molecule has 0 unspecified atom stereocenters. The Hall–Kier alpha value is -2.60. The first-order valence-corrected chi connectivity index (χ1v) is 7.74. The number of hydrogen-bond donors (Lipinski definition) is 0. The van der Waals surface area contributed by atoms with Crippen LogP contribution < -0.4 is 14.2 Å². The van der Waals surface area contributed by atoms with Gasteiger partial charge in [-0.05, 0) is 36.8 Å². The third-order valence-corrected chi connectivity index (χ3v) is 4.88. The second-order valence-electron chi connectivity index (χ2n) is 5.07. The van der Waals surface area contributed by atoms with E-state index < -0.39 is 5.97 Å². The summed E-state index contributed by atoms with van der Waals surface area (Å²) < 4.78 is 30.5. The zero-order valence-electron chi connectivity index (χ0n) is 12.1. The minimum atomic E-state index is -0.512. The average Bonchev–Trinajstić information content (AvgIpc) is 3.12. The highest BCUT2D eigenvalue weighted by Crippen LogP contribution is 2.36. The highest BCUT2D eigenvalue weighted by molar-refractivity contribution is 7.21. The number of rotatable bonds is 2. The number of aryl methyl sites for hydroxylation is 1. The Bertz CT molecular complexity index is 932. The predicted octanol–water partition coefficient (Wildman–Crippen LogP) is 4.30. The van der Waals surface area contributed by atoms with Crippen LogP contribution in [0.5, 0.6) is 17.2 Å². The molecule has 23 heavy (non-hydrogen) atoms. The monoisotopic (exact) mass is 330 g/mol. The fourth-order valence-corrected chi connectivity index (χ4v) is 3.64. The van der Waals surface area contributed by atoms with Crippen molar-refractivity contribution in [2.75, 3.05) is 6.79 Å².